The lowest BCUT2D eigenvalue weighted by atomic mass is 10.2. The predicted molar refractivity (Wildman–Crippen MR) is 94.9 cm³/mol. The molecule has 3 amide bonds. The number of rotatable bonds is 4. The normalized spacial score (nSPS) is 20.3. The van der Waals surface area contributed by atoms with Crippen molar-refractivity contribution in [3.63, 3.8) is 0 Å². The molecule has 2 aliphatic heterocycles. The van der Waals surface area contributed by atoms with E-state index in [0.29, 0.717) is 23.8 Å². The second-order valence-corrected chi connectivity index (χ2v) is 5.77. The molecule has 2 N–H and O–H groups in total. The molecule has 1 atom stereocenters. The van der Waals surface area contributed by atoms with Gasteiger partial charge < -0.3 is 29.8 Å². The molecule has 0 aromatic heterocycles. The van der Waals surface area contributed by atoms with Crippen molar-refractivity contribution in [2.24, 2.45) is 5.16 Å². The molecule has 2 heterocycles. The molecule has 140 valence electrons. The van der Waals surface area contributed by atoms with Crippen LogP contribution in [0.4, 0.5) is 21.0 Å². The number of hydrogen-bond donors (Lipinski definition) is 2. The summed E-state index contributed by atoms with van der Waals surface area (Å²) in [6.07, 6.45) is -0.876. The smallest absolute Gasteiger partial charge is 0.414 e. The Labute approximate surface area is 150 Å². The summed E-state index contributed by atoms with van der Waals surface area (Å²) in [4.78, 5) is 31.6. The minimum Gasteiger partial charge on any atom is -0.483 e. The van der Waals surface area contributed by atoms with E-state index < -0.39 is 12.2 Å². The molecule has 0 spiro atoms. The number of benzene rings is 1. The maximum absolute atomic E-state index is 12.2. The van der Waals surface area contributed by atoms with Crippen LogP contribution in [0.15, 0.2) is 23.4 Å². The maximum Gasteiger partial charge on any atom is 0.414 e. The minimum atomic E-state index is -0.459. The number of amidine groups is 1. The molecule has 1 unspecified atom stereocenters. The minimum absolute atomic E-state index is 0.239. The van der Waals surface area contributed by atoms with E-state index in [0.717, 1.165) is 5.69 Å². The molecule has 10 heteroatoms. The van der Waals surface area contributed by atoms with Gasteiger partial charge in [0.15, 0.2) is 5.84 Å². The first-order valence-corrected chi connectivity index (χ1v) is 8.07. The summed E-state index contributed by atoms with van der Waals surface area (Å²) in [6, 6.07) is 5.12. The number of anilines is 2. The van der Waals surface area contributed by atoms with Gasteiger partial charge in [-0.1, -0.05) is 5.16 Å². The van der Waals surface area contributed by atoms with Gasteiger partial charge in [0, 0.05) is 20.2 Å². The first-order chi connectivity index (χ1) is 12.5. The van der Waals surface area contributed by atoms with Crippen LogP contribution in [0.5, 0.6) is 5.75 Å². The second kappa shape index (κ2) is 7.38. The first-order valence-electron chi connectivity index (χ1n) is 8.07. The largest absolute Gasteiger partial charge is 0.483 e. The predicted octanol–water partition coefficient (Wildman–Crippen LogP) is 0.729. The number of hydrogen-bond acceptors (Lipinski definition) is 6. The summed E-state index contributed by atoms with van der Waals surface area (Å²) in [6.45, 7) is 0.848. The summed E-state index contributed by atoms with van der Waals surface area (Å²) in [7, 11) is 4.87. The number of urea groups is 1. The average Bonchev–Trinajstić information content (AvgIpc) is 3.02. The summed E-state index contributed by atoms with van der Waals surface area (Å²) in [5.41, 5.74) is 1.48. The van der Waals surface area contributed by atoms with Gasteiger partial charge >= 0.3 is 12.1 Å². The van der Waals surface area contributed by atoms with Gasteiger partial charge in [0.05, 0.1) is 24.5 Å². The summed E-state index contributed by atoms with van der Waals surface area (Å²) >= 11 is 0. The molecule has 0 bridgehead atoms. The van der Waals surface area contributed by atoms with Crippen molar-refractivity contribution in [1.82, 2.24) is 10.6 Å². The van der Waals surface area contributed by atoms with Crippen molar-refractivity contribution in [3.05, 3.63) is 18.2 Å². The Morgan fingerprint density at radius 3 is 3.00 bits per heavy atom. The van der Waals surface area contributed by atoms with Crippen LogP contribution in [-0.2, 0) is 9.57 Å². The van der Waals surface area contributed by atoms with Crippen LogP contribution in [0, 0.1) is 0 Å². The Hall–Kier alpha value is -3.17. The number of amides is 3. The molecular weight excluding hydrogens is 342 g/mol. The molecule has 1 aromatic rings. The topological polar surface area (TPSA) is 105 Å². The molecule has 0 saturated carbocycles. The number of nitrogens with zero attached hydrogens (tertiary/aromatic N) is 3. The van der Waals surface area contributed by atoms with Gasteiger partial charge in [-0.3, -0.25) is 4.90 Å². The van der Waals surface area contributed by atoms with Crippen molar-refractivity contribution in [1.29, 1.82) is 0 Å². The number of carbonyl (C=O) groups is 2. The maximum atomic E-state index is 12.2. The van der Waals surface area contributed by atoms with Crippen LogP contribution in [0.25, 0.3) is 0 Å². The van der Waals surface area contributed by atoms with Crippen LogP contribution in [-0.4, -0.2) is 65.0 Å². The van der Waals surface area contributed by atoms with Gasteiger partial charge in [-0.25, -0.2) is 9.59 Å². The zero-order valence-corrected chi connectivity index (χ0v) is 14.8. The third-order valence-corrected chi connectivity index (χ3v) is 4.15. The molecule has 0 aliphatic carbocycles. The highest BCUT2D eigenvalue weighted by atomic mass is 16.6. The van der Waals surface area contributed by atoms with E-state index in [-0.39, 0.29) is 19.2 Å². The van der Waals surface area contributed by atoms with E-state index in [1.165, 1.54) is 19.1 Å². The molecule has 0 radical (unpaired) electrons. The summed E-state index contributed by atoms with van der Waals surface area (Å²) in [5, 5.41) is 9.00. The van der Waals surface area contributed by atoms with Crippen LogP contribution in [0.1, 0.15) is 0 Å². The lowest BCUT2D eigenvalue weighted by molar-refractivity contribution is 0.140. The second-order valence-electron chi connectivity index (χ2n) is 5.77. The van der Waals surface area contributed by atoms with Crippen molar-refractivity contribution < 1.29 is 23.9 Å². The van der Waals surface area contributed by atoms with E-state index in [9.17, 15) is 9.59 Å². The number of likely N-dealkylation sites (N-methyl/N-ethyl adjacent to an activating group) is 1. The monoisotopic (exact) mass is 363 g/mol. The van der Waals surface area contributed by atoms with Crippen molar-refractivity contribution >= 4 is 29.3 Å². The van der Waals surface area contributed by atoms with Crippen molar-refractivity contribution in [2.45, 2.75) is 6.10 Å². The Morgan fingerprint density at radius 1 is 1.46 bits per heavy atom. The molecule has 1 aromatic carbocycles. The number of cyclic esters (lactones) is 1. The van der Waals surface area contributed by atoms with Crippen LogP contribution >= 0.6 is 0 Å². The van der Waals surface area contributed by atoms with Crippen molar-refractivity contribution in [3.8, 4) is 5.75 Å². The van der Waals surface area contributed by atoms with E-state index in [1.807, 2.05) is 24.1 Å². The highest BCUT2D eigenvalue weighted by Crippen LogP contribution is 2.36. The van der Waals surface area contributed by atoms with Gasteiger partial charge in [0.2, 0.25) is 0 Å². The van der Waals surface area contributed by atoms with Gasteiger partial charge in [-0.05, 0) is 12.1 Å². The molecule has 10 nitrogen and oxygen atoms in total. The molecular formula is C16H21N5O5. The zero-order chi connectivity index (χ0) is 18.7. The Kier molecular flexibility index (Phi) is 5.01. The quantitative estimate of drug-likeness (QED) is 0.764. The third kappa shape index (κ3) is 3.44. The van der Waals surface area contributed by atoms with Gasteiger partial charge in [-0.2, -0.15) is 0 Å². The number of ether oxygens (including phenoxy) is 2. The van der Waals surface area contributed by atoms with E-state index >= 15 is 0 Å². The van der Waals surface area contributed by atoms with E-state index in [4.69, 9.17) is 14.3 Å². The van der Waals surface area contributed by atoms with Crippen LogP contribution in [0.2, 0.25) is 0 Å². The molecule has 3 rings (SSSR count). The SMILES string of the molecule is CNC(=O)NCC1CN(c2ccc3c(c2)OCC(=NOC)N3C)C(=O)O1. The standard InChI is InChI=1S/C16H21N5O5/c1-17-15(22)18-7-11-8-21(16(23)26-11)10-4-5-12-13(6-10)25-9-14(19-24-3)20(12)2/h4-6,11H,7-9H2,1-3H3,(H2,17,18,22). The third-order valence-electron chi connectivity index (χ3n) is 4.15. The summed E-state index contributed by atoms with van der Waals surface area (Å²) < 4.78 is 11.0. The van der Waals surface area contributed by atoms with Gasteiger partial charge in [-0.15, -0.1) is 0 Å². The lowest BCUT2D eigenvalue weighted by Crippen LogP contribution is -2.39. The highest BCUT2D eigenvalue weighted by molar-refractivity contribution is 6.01. The lowest BCUT2D eigenvalue weighted by Gasteiger charge is -2.29. The number of carbonyl (C=O) groups excluding carboxylic acids is 2. The fourth-order valence-electron chi connectivity index (χ4n) is 2.77. The van der Waals surface area contributed by atoms with Crippen LogP contribution < -0.4 is 25.2 Å². The molecule has 2 aliphatic rings. The molecule has 1 fully saturated rings. The number of oxime groups is 1. The average molecular weight is 363 g/mol. The van der Waals surface area contributed by atoms with Crippen molar-refractivity contribution in [2.75, 3.05) is 50.7 Å². The number of fused-ring (bicyclic) bond motifs is 1. The van der Waals surface area contributed by atoms with Gasteiger partial charge in [0.1, 0.15) is 25.6 Å². The first kappa shape index (κ1) is 17.6. The Morgan fingerprint density at radius 2 is 2.27 bits per heavy atom. The van der Waals surface area contributed by atoms with Crippen LogP contribution in [0.3, 0.4) is 0 Å². The van der Waals surface area contributed by atoms with E-state index in [2.05, 4.69) is 15.8 Å². The van der Waals surface area contributed by atoms with E-state index in [1.54, 1.807) is 6.07 Å². The Bertz CT molecular complexity index is 738. The molecule has 26 heavy (non-hydrogen) atoms. The molecule has 1 saturated heterocycles. The fourth-order valence-corrected chi connectivity index (χ4v) is 2.77. The highest BCUT2D eigenvalue weighted by Gasteiger charge is 2.33. The fraction of sp³-hybridized carbons (Fsp3) is 0.438. The summed E-state index contributed by atoms with van der Waals surface area (Å²) in [5.74, 6) is 1.29. The number of nitrogens with one attached hydrogen (secondary N) is 2. The Balaban J connectivity index is 1.72. The zero-order valence-electron chi connectivity index (χ0n) is 14.8. The van der Waals surface area contributed by atoms with Gasteiger partial charge in [0.25, 0.3) is 0 Å².